The third kappa shape index (κ3) is 6.50. The average Bonchev–Trinajstić information content (AvgIpc) is 2.93. The standard InChI is InChI=1S/C29H24F2N2O5/c1-37-27-14-26(31)25(30)13-24(27)21-7-9-23(10-8-21)38-18-20-5-2-4-19(12-20)16-33(17-28(34)35)29(36)22-6-3-11-32-15-22/h2-15H,16-18H2,1H3,(H,34,35). The molecule has 38 heavy (non-hydrogen) atoms. The summed E-state index contributed by atoms with van der Waals surface area (Å²) in [6.07, 6.45) is 2.93. The van der Waals surface area contributed by atoms with E-state index in [1.165, 1.54) is 24.4 Å². The molecule has 0 atom stereocenters. The van der Waals surface area contributed by atoms with Crippen molar-refractivity contribution in [3.05, 3.63) is 114 Å². The van der Waals surface area contributed by atoms with Crippen LogP contribution in [0.5, 0.6) is 11.5 Å². The third-order valence-electron chi connectivity index (χ3n) is 5.70. The zero-order valence-electron chi connectivity index (χ0n) is 20.4. The van der Waals surface area contributed by atoms with Crippen LogP contribution in [0.25, 0.3) is 11.1 Å². The fourth-order valence-corrected chi connectivity index (χ4v) is 3.89. The SMILES string of the molecule is COc1cc(F)c(F)cc1-c1ccc(OCc2cccc(CN(CC(=O)O)C(=O)c3cccnc3)c2)cc1. The highest BCUT2D eigenvalue weighted by Crippen LogP contribution is 2.33. The van der Waals surface area contributed by atoms with Crippen LogP contribution in [0.1, 0.15) is 21.5 Å². The first-order valence-corrected chi connectivity index (χ1v) is 11.6. The molecule has 0 saturated carbocycles. The minimum absolute atomic E-state index is 0.0959. The van der Waals surface area contributed by atoms with Crippen molar-refractivity contribution in [1.29, 1.82) is 0 Å². The van der Waals surface area contributed by atoms with Crippen LogP contribution in [0.2, 0.25) is 0 Å². The Balaban J connectivity index is 1.44. The van der Waals surface area contributed by atoms with E-state index in [2.05, 4.69) is 4.98 Å². The number of carbonyl (C=O) groups excluding carboxylic acids is 1. The van der Waals surface area contributed by atoms with Gasteiger partial charge in [-0.15, -0.1) is 0 Å². The van der Waals surface area contributed by atoms with Gasteiger partial charge in [-0.1, -0.05) is 36.4 Å². The molecular weight excluding hydrogens is 494 g/mol. The van der Waals surface area contributed by atoms with Crippen LogP contribution in [0.4, 0.5) is 8.78 Å². The lowest BCUT2D eigenvalue weighted by Gasteiger charge is -2.21. The van der Waals surface area contributed by atoms with Gasteiger partial charge in [0.25, 0.3) is 5.91 Å². The van der Waals surface area contributed by atoms with Gasteiger partial charge < -0.3 is 19.5 Å². The molecule has 0 bridgehead atoms. The molecule has 0 radical (unpaired) electrons. The first-order valence-electron chi connectivity index (χ1n) is 11.6. The van der Waals surface area contributed by atoms with Crippen molar-refractivity contribution < 1.29 is 33.0 Å². The fraction of sp³-hybridized carbons (Fsp3) is 0.138. The summed E-state index contributed by atoms with van der Waals surface area (Å²) in [6, 6.07) is 19.4. The molecule has 0 aliphatic heterocycles. The van der Waals surface area contributed by atoms with E-state index in [0.717, 1.165) is 23.3 Å². The first-order chi connectivity index (χ1) is 18.3. The van der Waals surface area contributed by atoms with Crippen molar-refractivity contribution in [2.24, 2.45) is 0 Å². The number of pyridine rings is 1. The van der Waals surface area contributed by atoms with E-state index < -0.39 is 30.1 Å². The highest BCUT2D eigenvalue weighted by Gasteiger charge is 2.19. The van der Waals surface area contributed by atoms with E-state index >= 15 is 0 Å². The number of carbonyl (C=O) groups is 2. The van der Waals surface area contributed by atoms with Crippen LogP contribution in [0.15, 0.2) is 85.2 Å². The Bertz CT molecular complexity index is 1430. The minimum atomic E-state index is -1.12. The topological polar surface area (TPSA) is 89.0 Å². The van der Waals surface area contributed by atoms with Crippen molar-refractivity contribution in [3.63, 3.8) is 0 Å². The largest absolute Gasteiger partial charge is 0.496 e. The van der Waals surface area contributed by atoms with Crippen LogP contribution < -0.4 is 9.47 Å². The van der Waals surface area contributed by atoms with Crippen LogP contribution in [0, 0.1) is 11.6 Å². The predicted molar refractivity (Wildman–Crippen MR) is 136 cm³/mol. The van der Waals surface area contributed by atoms with Crippen molar-refractivity contribution in [2.75, 3.05) is 13.7 Å². The van der Waals surface area contributed by atoms with Crippen molar-refractivity contribution in [3.8, 4) is 22.6 Å². The van der Waals surface area contributed by atoms with Crippen molar-refractivity contribution in [2.45, 2.75) is 13.2 Å². The van der Waals surface area contributed by atoms with Gasteiger partial charge in [0.05, 0.1) is 12.7 Å². The summed E-state index contributed by atoms with van der Waals surface area (Å²) >= 11 is 0. The number of methoxy groups -OCH3 is 1. The van der Waals surface area contributed by atoms with E-state index in [4.69, 9.17) is 9.47 Å². The number of aromatic nitrogens is 1. The molecule has 1 N–H and O–H groups in total. The second kappa shape index (κ2) is 12.0. The molecule has 1 amide bonds. The maximum absolute atomic E-state index is 13.8. The molecule has 3 aromatic carbocycles. The Morgan fingerprint density at radius 1 is 0.947 bits per heavy atom. The van der Waals surface area contributed by atoms with Crippen LogP contribution in [-0.4, -0.2) is 40.5 Å². The normalized spacial score (nSPS) is 10.6. The zero-order valence-corrected chi connectivity index (χ0v) is 20.4. The second-order valence-electron chi connectivity index (χ2n) is 8.40. The molecular formula is C29H24F2N2O5. The summed E-state index contributed by atoms with van der Waals surface area (Å²) in [5.41, 5.74) is 2.91. The third-order valence-corrected chi connectivity index (χ3v) is 5.70. The summed E-state index contributed by atoms with van der Waals surface area (Å²) in [5.74, 6) is -2.73. The Hall–Kier alpha value is -4.79. The number of hydrogen-bond acceptors (Lipinski definition) is 5. The minimum Gasteiger partial charge on any atom is -0.496 e. The number of hydrogen-bond donors (Lipinski definition) is 1. The summed E-state index contributed by atoms with van der Waals surface area (Å²) in [7, 11) is 1.39. The van der Waals surface area contributed by atoms with Gasteiger partial charge in [0, 0.05) is 30.6 Å². The van der Waals surface area contributed by atoms with Crippen molar-refractivity contribution in [1.82, 2.24) is 9.88 Å². The molecule has 4 rings (SSSR count). The lowest BCUT2D eigenvalue weighted by molar-refractivity contribution is -0.137. The van der Waals surface area contributed by atoms with Crippen LogP contribution in [-0.2, 0) is 17.9 Å². The van der Waals surface area contributed by atoms with E-state index in [1.807, 2.05) is 12.1 Å². The molecule has 7 nitrogen and oxygen atoms in total. The van der Waals surface area contributed by atoms with E-state index in [0.29, 0.717) is 22.4 Å². The van der Waals surface area contributed by atoms with Gasteiger partial charge >= 0.3 is 5.97 Å². The summed E-state index contributed by atoms with van der Waals surface area (Å²) in [4.78, 5) is 29.4. The molecule has 0 saturated heterocycles. The average molecular weight is 519 g/mol. The van der Waals surface area contributed by atoms with Crippen molar-refractivity contribution >= 4 is 11.9 Å². The number of rotatable bonds is 10. The van der Waals surface area contributed by atoms with Crippen LogP contribution in [0.3, 0.4) is 0 Å². The Labute approximate surface area is 217 Å². The number of carboxylic acid groups (broad SMARTS) is 1. The Kier molecular flexibility index (Phi) is 8.27. The van der Waals surface area contributed by atoms with Gasteiger partial charge in [0.1, 0.15) is 24.7 Å². The molecule has 1 aromatic heterocycles. The van der Waals surface area contributed by atoms with Gasteiger partial charge in [-0.25, -0.2) is 8.78 Å². The zero-order chi connectivity index (χ0) is 27.1. The quantitative estimate of drug-likeness (QED) is 0.305. The predicted octanol–water partition coefficient (Wildman–Crippen LogP) is 5.34. The Morgan fingerprint density at radius 3 is 2.37 bits per heavy atom. The lowest BCUT2D eigenvalue weighted by Crippen LogP contribution is -2.35. The molecule has 4 aromatic rings. The number of nitrogens with zero attached hydrogens (tertiary/aromatic N) is 2. The van der Waals surface area contributed by atoms with Gasteiger partial charge in [-0.05, 0) is 47.0 Å². The Morgan fingerprint density at radius 2 is 1.68 bits per heavy atom. The molecule has 0 aliphatic carbocycles. The first kappa shape index (κ1) is 26.3. The van der Waals surface area contributed by atoms with E-state index in [9.17, 15) is 23.5 Å². The lowest BCUT2D eigenvalue weighted by atomic mass is 10.0. The summed E-state index contributed by atoms with van der Waals surface area (Å²) in [6.45, 7) is -0.140. The second-order valence-corrected chi connectivity index (χ2v) is 8.40. The molecule has 9 heteroatoms. The fourth-order valence-electron chi connectivity index (χ4n) is 3.89. The van der Waals surface area contributed by atoms with Crippen LogP contribution >= 0.6 is 0 Å². The molecule has 1 heterocycles. The number of aliphatic carboxylic acids is 1. The summed E-state index contributed by atoms with van der Waals surface area (Å²) < 4.78 is 38.3. The number of benzene rings is 3. The maximum atomic E-state index is 13.8. The maximum Gasteiger partial charge on any atom is 0.323 e. The molecule has 0 fully saturated rings. The molecule has 0 aliphatic rings. The number of amides is 1. The highest BCUT2D eigenvalue weighted by molar-refractivity contribution is 5.95. The van der Waals surface area contributed by atoms with Gasteiger partial charge in [0.15, 0.2) is 11.6 Å². The monoisotopic (exact) mass is 518 g/mol. The van der Waals surface area contributed by atoms with Gasteiger partial charge in [-0.2, -0.15) is 0 Å². The smallest absolute Gasteiger partial charge is 0.323 e. The van der Waals surface area contributed by atoms with Gasteiger partial charge in [-0.3, -0.25) is 14.6 Å². The molecule has 0 spiro atoms. The number of carboxylic acids is 1. The van der Waals surface area contributed by atoms with Gasteiger partial charge in [0.2, 0.25) is 0 Å². The molecule has 0 unspecified atom stereocenters. The van der Waals surface area contributed by atoms with E-state index in [-0.39, 0.29) is 18.9 Å². The summed E-state index contributed by atoms with van der Waals surface area (Å²) in [5, 5.41) is 9.30. The highest BCUT2D eigenvalue weighted by atomic mass is 19.2. The number of halogens is 2. The number of ether oxygens (including phenoxy) is 2. The molecule has 194 valence electrons. The van der Waals surface area contributed by atoms with E-state index in [1.54, 1.807) is 48.5 Å².